The van der Waals surface area contributed by atoms with Gasteiger partial charge in [0, 0.05) is 0 Å². The number of carbonyl (C=O) groups is 1. The first-order valence-corrected chi connectivity index (χ1v) is 3.69. The molecule has 0 saturated carbocycles. The number of hydrogen-bond donors (Lipinski definition) is 1. The first-order valence-electron chi connectivity index (χ1n) is 2.90. The van der Waals surface area contributed by atoms with Gasteiger partial charge < -0.3 is 4.84 Å². The molecule has 0 aliphatic rings. The average molecular weight is 216 g/mol. The maximum Gasteiger partial charge on any atom is 0.171 e. The van der Waals surface area contributed by atoms with Crippen LogP contribution in [0.3, 0.4) is 0 Å². The van der Waals surface area contributed by atoms with Crippen molar-refractivity contribution in [2.24, 2.45) is 5.90 Å². The van der Waals surface area contributed by atoms with Gasteiger partial charge in [0.1, 0.15) is 0 Å². The van der Waals surface area contributed by atoms with Gasteiger partial charge in [-0.25, -0.2) is 0 Å². The van der Waals surface area contributed by atoms with Crippen LogP contribution in [-0.4, -0.2) is 6.29 Å². The Balaban J connectivity index is 3.23. The van der Waals surface area contributed by atoms with Crippen LogP contribution in [0.25, 0.3) is 0 Å². The number of rotatable bonds is 2. The minimum absolute atomic E-state index is 0.363. The molecule has 0 bridgehead atoms. The summed E-state index contributed by atoms with van der Waals surface area (Å²) in [5.74, 6) is 5.30. The van der Waals surface area contributed by atoms with Gasteiger partial charge in [-0.2, -0.15) is 5.90 Å². The van der Waals surface area contributed by atoms with E-state index in [0.717, 1.165) is 0 Å². The molecule has 1 rings (SSSR count). The fraction of sp³-hybridized carbons (Fsp3) is 0. The molecule has 0 unspecified atom stereocenters. The van der Waals surface area contributed by atoms with Crippen molar-refractivity contribution in [3.05, 3.63) is 28.2 Å². The van der Waals surface area contributed by atoms with Gasteiger partial charge >= 0.3 is 0 Å². The summed E-state index contributed by atoms with van der Waals surface area (Å²) in [5.41, 5.74) is 0.432. The second kappa shape index (κ2) is 3.50. The zero-order valence-corrected chi connectivity index (χ0v) is 7.17. The van der Waals surface area contributed by atoms with Gasteiger partial charge in [0.2, 0.25) is 0 Å². The number of aldehydes is 1. The van der Waals surface area contributed by atoms with Crippen LogP contribution in [0.1, 0.15) is 10.4 Å². The predicted molar refractivity (Wildman–Crippen MR) is 44.3 cm³/mol. The van der Waals surface area contributed by atoms with Crippen LogP contribution in [0, 0.1) is 0 Å². The minimum Gasteiger partial charge on any atom is -0.410 e. The summed E-state index contributed by atoms with van der Waals surface area (Å²) in [6.07, 6.45) is 0.687. The third-order valence-corrected chi connectivity index (χ3v) is 1.87. The van der Waals surface area contributed by atoms with Gasteiger partial charge in [-0.05, 0) is 28.1 Å². The molecule has 0 aliphatic heterocycles. The lowest BCUT2D eigenvalue weighted by Crippen LogP contribution is -2.04. The molecule has 0 aromatic heterocycles. The Bertz CT molecular complexity index is 275. The minimum atomic E-state index is 0.363. The van der Waals surface area contributed by atoms with Crippen LogP contribution >= 0.6 is 15.9 Å². The molecule has 0 heterocycles. The molecular weight excluding hydrogens is 210 g/mol. The number of nitrogens with two attached hydrogens (primary N) is 1. The summed E-state index contributed by atoms with van der Waals surface area (Å²) >= 11 is 3.18. The van der Waals surface area contributed by atoms with Crippen molar-refractivity contribution in [2.75, 3.05) is 0 Å². The van der Waals surface area contributed by atoms with E-state index in [-0.39, 0.29) is 0 Å². The smallest absolute Gasteiger partial charge is 0.171 e. The molecule has 0 spiro atoms. The molecule has 0 fully saturated rings. The molecule has 0 aliphatic carbocycles. The molecular formula is C7H6BrNO2. The van der Waals surface area contributed by atoms with Crippen molar-refractivity contribution in [1.82, 2.24) is 0 Å². The van der Waals surface area contributed by atoms with E-state index < -0.39 is 0 Å². The lowest BCUT2D eigenvalue weighted by molar-refractivity contribution is 0.111. The molecule has 4 heteroatoms. The van der Waals surface area contributed by atoms with Gasteiger partial charge in [-0.1, -0.05) is 6.07 Å². The lowest BCUT2D eigenvalue weighted by Gasteiger charge is -2.02. The summed E-state index contributed by atoms with van der Waals surface area (Å²) in [6.45, 7) is 0. The van der Waals surface area contributed by atoms with Crippen LogP contribution in [0.15, 0.2) is 22.7 Å². The van der Waals surface area contributed by atoms with E-state index in [0.29, 0.717) is 22.1 Å². The summed E-state index contributed by atoms with van der Waals surface area (Å²) < 4.78 is 0.671. The molecule has 1 aromatic rings. The highest BCUT2D eigenvalue weighted by Gasteiger charge is 2.04. The van der Waals surface area contributed by atoms with E-state index in [1.165, 1.54) is 0 Å². The van der Waals surface area contributed by atoms with Gasteiger partial charge in [0.05, 0.1) is 10.0 Å². The Kier molecular flexibility index (Phi) is 2.62. The second-order valence-electron chi connectivity index (χ2n) is 1.89. The Labute approximate surface area is 72.2 Å². The highest BCUT2D eigenvalue weighted by Crippen LogP contribution is 2.26. The molecule has 3 nitrogen and oxygen atoms in total. The van der Waals surface area contributed by atoms with E-state index in [1.54, 1.807) is 18.2 Å². The number of para-hydroxylation sites is 1. The van der Waals surface area contributed by atoms with E-state index >= 15 is 0 Å². The van der Waals surface area contributed by atoms with Gasteiger partial charge in [0.15, 0.2) is 12.0 Å². The molecule has 0 saturated heterocycles. The SMILES string of the molecule is NOc1c(Br)cccc1C=O. The maximum atomic E-state index is 10.4. The highest BCUT2D eigenvalue weighted by atomic mass is 79.9. The van der Waals surface area contributed by atoms with Crippen molar-refractivity contribution in [3.8, 4) is 5.75 Å². The molecule has 1 aromatic carbocycles. The lowest BCUT2D eigenvalue weighted by atomic mass is 10.2. The Morgan fingerprint density at radius 2 is 2.27 bits per heavy atom. The zero-order chi connectivity index (χ0) is 8.27. The van der Waals surface area contributed by atoms with E-state index in [2.05, 4.69) is 20.8 Å². The van der Waals surface area contributed by atoms with Crippen LogP contribution in [0.4, 0.5) is 0 Å². The third-order valence-electron chi connectivity index (χ3n) is 1.24. The standard InChI is InChI=1S/C7H6BrNO2/c8-6-3-1-2-5(4-10)7(6)11-9/h1-4H,9H2. The molecule has 0 radical (unpaired) electrons. The van der Waals surface area contributed by atoms with Crippen molar-refractivity contribution in [2.45, 2.75) is 0 Å². The normalized spacial score (nSPS) is 9.27. The zero-order valence-electron chi connectivity index (χ0n) is 5.58. The van der Waals surface area contributed by atoms with E-state index in [1.807, 2.05) is 0 Å². The number of benzene rings is 1. The third kappa shape index (κ3) is 1.58. The van der Waals surface area contributed by atoms with E-state index in [4.69, 9.17) is 5.90 Å². The number of halogens is 1. The predicted octanol–water partition coefficient (Wildman–Crippen LogP) is 1.51. The maximum absolute atomic E-state index is 10.4. The van der Waals surface area contributed by atoms with Crippen molar-refractivity contribution >= 4 is 22.2 Å². The van der Waals surface area contributed by atoms with Crippen LogP contribution in [0.2, 0.25) is 0 Å². The summed E-state index contributed by atoms with van der Waals surface area (Å²) in [6, 6.07) is 5.10. The Hall–Kier alpha value is -0.870. The van der Waals surface area contributed by atoms with Crippen molar-refractivity contribution in [3.63, 3.8) is 0 Å². The van der Waals surface area contributed by atoms with Gasteiger partial charge in [-0.3, -0.25) is 4.79 Å². The topological polar surface area (TPSA) is 52.3 Å². The number of carbonyl (C=O) groups excluding carboxylic acids is 1. The molecule has 11 heavy (non-hydrogen) atoms. The van der Waals surface area contributed by atoms with Crippen LogP contribution < -0.4 is 10.7 Å². The second-order valence-corrected chi connectivity index (χ2v) is 2.75. The van der Waals surface area contributed by atoms with Gasteiger partial charge in [0.25, 0.3) is 0 Å². The molecule has 0 atom stereocenters. The van der Waals surface area contributed by atoms with Gasteiger partial charge in [-0.15, -0.1) is 0 Å². The fourth-order valence-corrected chi connectivity index (χ4v) is 1.22. The van der Waals surface area contributed by atoms with Crippen LogP contribution in [0.5, 0.6) is 5.75 Å². The van der Waals surface area contributed by atoms with Crippen molar-refractivity contribution in [1.29, 1.82) is 0 Å². The largest absolute Gasteiger partial charge is 0.410 e. The first kappa shape index (κ1) is 8.23. The highest BCUT2D eigenvalue weighted by molar-refractivity contribution is 9.10. The van der Waals surface area contributed by atoms with E-state index in [9.17, 15) is 4.79 Å². The Morgan fingerprint density at radius 3 is 2.73 bits per heavy atom. The monoisotopic (exact) mass is 215 g/mol. The Morgan fingerprint density at radius 1 is 1.55 bits per heavy atom. The average Bonchev–Trinajstić information content (AvgIpc) is 2.04. The van der Waals surface area contributed by atoms with Crippen molar-refractivity contribution < 1.29 is 9.63 Å². The molecule has 58 valence electrons. The molecule has 2 N–H and O–H groups in total. The summed E-state index contributed by atoms with van der Waals surface area (Å²) in [4.78, 5) is 14.9. The fourth-order valence-electron chi connectivity index (χ4n) is 0.743. The molecule has 0 amide bonds. The first-order chi connectivity index (χ1) is 5.29. The quantitative estimate of drug-likeness (QED) is 0.602. The summed E-state index contributed by atoms with van der Waals surface area (Å²) in [5, 5.41) is 0. The number of hydrogen-bond acceptors (Lipinski definition) is 3. The summed E-state index contributed by atoms with van der Waals surface area (Å²) in [7, 11) is 0. The van der Waals surface area contributed by atoms with Crippen LogP contribution in [-0.2, 0) is 0 Å².